The van der Waals surface area contributed by atoms with E-state index in [1.54, 1.807) is 25.1 Å². The van der Waals surface area contributed by atoms with Crippen molar-refractivity contribution in [3.63, 3.8) is 0 Å². The summed E-state index contributed by atoms with van der Waals surface area (Å²) in [5.41, 5.74) is -0.0800. The molecule has 0 spiro atoms. The maximum atomic E-state index is 9.81. The van der Waals surface area contributed by atoms with Gasteiger partial charge in [0.15, 0.2) is 10.7 Å². The fourth-order valence-electron chi connectivity index (χ4n) is 1.69. The predicted molar refractivity (Wildman–Crippen MR) is 241 cm³/mol. The van der Waals surface area contributed by atoms with Crippen LogP contribution in [0.5, 0.6) is 5.75 Å². The molecular formula is C42H72N2O6. The lowest BCUT2D eigenvalue weighted by Crippen LogP contribution is -2.19. The topological polar surface area (TPSA) is 140 Å². The fourth-order valence-corrected chi connectivity index (χ4v) is 1.69. The van der Waals surface area contributed by atoms with Gasteiger partial charge in [-0.3, -0.25) is 0 Å². The van der Waals surface area contributed by atoms with Crippen molar-refractivity contribution in [1.82, 2.24) is 0 Å². The van der Waals surface area contributed by atoms with Crippen LogP contribution < -0.4 is 0 Å². The number of phenolic OH excluding ortho intramolecular Hbond substituents is 1. The Morgan fingerprint density at radius 1 is 0.580 bits per heavy atom. The summed E-state index contributed by atoms with van der Waals surface area (Å²) in [4.78, 5) is 16.2. The molecular weight excluding hydrogens is 628 g/mol. The van der Waals surface area contributed by atoms with E-state index in [1.165, 1.54) is 10.7 Å². The van der Waals surface area contributed by atoms with E-state index in [-0.39, 0.29) is 34.3 Å². The molecule has 286 valence electrons. The van der Waals surface area contributed by atoms with E-state index in [0.717, 1.165) is 5.56 Å². The Morgan fingerprint density at radius 3 is 0.980 bits per heavy atom. The van der Waals surface area contributed by atoms with Crippen LogP contribution in [0.4, 0.5) is 0 Å². The summed E-state index contributed by atoms with van der Waals surface area (Å²) in [6.07, 6.45) is 20.1. The van der Waals surface area contributed by atoms with E-state index in [0.29, 0.717) is 6.42 Å². The second-order valence-electron chi connectivity index (χ2n) is 6.42. The van der Waals surface area contributed by atoms with Crippen LogP contribution in [-0.2, 0) is 5.60 Å². The van der Waals surface area contributed by atoms with Gasteiger partial charge in [-0.25, -0.2) is 0 Å². The molecule has 0 aliphatic rings. The van der Waals surface area contributed by atoms with Gasteiger partial charge in [0.1, 0.15) is 5.75 Å². The summed E-state index contributed by atoms with van der Waals surface area (Å²) in [5.74, 6) is 56.8. The van der Waals surface area contributed by atoms with E-state index < -0.39 is 5.60 Å². The van der Waals surface area contributed by atoms with Gasteiger partial charge in [0.05, 0.1) is 5.60 Å². The Labute approximate surface area is 327 Å². The van der Waals surface area contributed by atoms with Crippen LogP contribution >= 0.6 is 0 Å². The van der Waals surface area contributed by atoms with E-state index in [1.807, 2.05) is 40.7 Å². The normalized spacial score (nSPS) is 6.46. The molecule has 0 unspecified atom stereocenters. The third kappa shape index (κ3) is 55.5. The first-order chi connectivity index (χ1) is 24.2. The highest BCUT2D eigenvalue weighted by atomic mass is 16.6. The monoisotopic (exact) mass is 701 g/mol. The average Bonchev–Trinajstić information content (AvgIpc) is 3.13. The van der Waals surface area contributed by atoms with Gasteiger partial charge in [-0.2, -0.15) is 0 Å². The summed E-state index contributed by atoms with van der Waals surface area (Å²) in [6, 6.07) is 6.72. The van der Waals surface area contributed by atoms with Gasteiger partial charge in [0, 0.05) is 28.5 Å². The van der Waals surface area contributed by atoms with Gasteiger partial charge in [-0.1, -0.05) is 46.8 Å². The maximum Gasteiger partial charge on any atom is 0.152 e. The molecule has 0 fully saturated rings. The first-order valence-electron chi connectivity index (χ1n) is 13.5. The first-order valence-corrected chi connectivity index (χ1v) is 13.5. The Hall–Kier alpha value is -8.38. The highest BCUT2D eigenvalue weighted by molar-refractivity contribution is 5.45. The van der Waals surface area contributed by atoms with Gasteiger partial charge >= 0.3 is 0 Å². The molecule has 0 aliphatic carbocycles. The third-order valence-corrected chi connectivity index (χ3v) is 3.57. The van der Waals surface area contributed by atoms with Gasteiger partial charge in [-0.05, 0) is 173 Å². The lowest BCUT2D eigenvalue weighted by molar-refractivity contribution is 0.0528. The molecule has 0 radical (unpaired) electrons. The summed E-state index contributed by atoms with van der Waals surface area (Å²) < 4.78 is 0. The lowest BCUT2D eigenvalue weighted by atomic mass is 9.93. The first kappa shape index (κ1) is 54.1. The van der Waals surface area contributed by atoms with Crippen LogP contribution in [0.1, 0.15) is 82.1 Å². The number of nitrogens with zero attached hydrogens (tertiary/aromatic N) is 2. The minimum atomic E-state index is -0.835. The van der Waals surface area contributed by atoms with Crippen LogP contribution in [0.15, 0.2) is 34.9 Å². The highest BCUT2D eigenvalue weighted by Gasteiger charge is 2.20. The standard InChI is InChI=1S/2C14H2.C10H14O2.2C2H6.2HNO2.20H2/c2*1-3-5-7-9-11-13-14-12-10-8-6-4-2;1-3-10(2,12)8-5-4-6-9(11)7-8;2*1-2;2*2-1-3;;;;;;;;;;;;;;;;;;;;/h2*1-2H;4-7,11-12H,3H2,1-2H3;2*1-2H3;2*(H,2,3);20*1H/t;;10-;;;;;;;;;;;;;;;;;;;;;;;;/m..0......................../s1. The molecule has 0 saturated heterocycles. The zero-order chi connectivity index (χ0) is 39.6. The molecule has 1 rings (SSSR count). The van der Waals surface area contributed by atoms with Gasteiger partial charge < -0.3 is 20.6 Å². The molecule has 0 heterocycles. The Bertz CT molecular complexity index is 1810. The van der Waals surface area contributed by atoms with Gasteiger partial charge in [0.2, 0.25) is 0 Å². The second-order valence-corrected chi connectivity index (χ2v) is 6.42. The second kappa shape index (κ2) is 53.2. The molecule has 0 saturated carbocycles. The van der Waals surface area contributed by atoms with Crippen molar-refractivity contribution >= 4 is 0 Å². The fraction of sp³-hybridized carbons (Fsp3) is 0.190. The maximum absolute atomic E-state index is 9.81. The Kier molecular flexibility index (Phi) is 57.6. The number of benzene rings is 1. The molecule has 50 heavy (non-hydrogen) atoms. The number of hydrogen-bond donors (Lipinski definition) is 4. The molecule has 0 aliphatic heterocycles. The summed E-state index contributed by atoms with van der Waals surface area (Å²) in [7, 11) is 0. The van der Waals surface area contributed by atoms with Crippen molar-refractivity contribution in [2.75, 3.05) is 0 Å². The summed E-state index contributed by atoms with van der Waals surface area (Å²) in [6.45, 7) is 11.6. The number of phenols is 1. The van der Waals surface area contributed by atoms with E-state index in [2.05, 4.69) is 142 Å². The van der Waals surface area contributed by atoms with Gasteiger partial charge in [-0.15, -0.1) is 35.5 Å². The minimum absolute atomic E-state index is 0. The summed E-state index contributed by atoms with van der Waals surface area (Å²) >= 11 is 0. The van der Waals surface area contributed by atoms with Crippen molar-refractivity contribution in [3.05, 3.63) is 39.6 Å². The largest absolute Gasteiger partial charge is 0.508 e. The highest BCUT2D eigenvalue weighted by Crippen LogP contribution is 2.26. The molecule has 0 amide bonds. The Balaban J connectivity index is -0.0000000139. The molecule has 8 nitrogen and oxygen atoms in total. The van der Waals surface area contributed by atoms with Crippen molar-refractivity contribution in [1.29, 1.82) is 0 Å². The Morgan fingerprint density at radius 2 is 0.800 bits per heavy atom. The van der Waals surface area contributed by atoms with Crippen LogP contribution in [-0.4, -0.2) is 20.6 Å². The molecule has 1 atom stereocenters. The smallest absolute Gasteiger partial charge is 0.152 e. The molecule has 4 N–H and O–H groups in total. The average molecular weight is 701 g/mol. The summed E-state index contributed by atoms with van der Waals surface area (Å²) in [5, 5.41) is 34.7. The van der Waals surface area contributed by atoms with Crippen LogP contribution in [0.3, 0.4) is 0 Å². The van der Waals surface area contributed by atoms with Crippen LogP contribution in [0, 0.1) is 178 Å². The van der Waals surface area contributed by atoms with Crippen molar-refractivity contribution in [2.24, 2.45) is 10.7 Å². The van der Waals surface area contributed by atoms with Crippen LogP contribution in [0.2, 0.25) is 0 Å². The van der Waals surface area contributed by atoms with E-state index in [4.69, 9.17) is 51.0 Å². The quantitative estimate of drug-likeness (QED) is 0.138. The number of terminal acetylenes is 4. The van der Waals surface area contributed by atoms with Crippen LogP contribution in [0.25, 0.3) is 0 Å². The molecule has 1 aromatic rings. The molecule has 0 bridgehead atoms. The van der Waals surface area contributed by atoms with Crippen molar-refractivity contribution in [3.8, 4) is 174 Å². The van der Waals surface area contributed by atoms with E-state index >= 15 is 0 Å². The zero-order valence-electron chi connectivity index (χ0n) is 28.3. The number of aromatic hydroxyl groups is 1. The third-order valence-electron chi connectivity index (χ3n) is 3.57. The zero-order valence-corrected chi connectivity index (χ0v) is 28.3. The SMILES string of the molecule is C#CC#CC#CC#CC#CC#CC#C.C#CC#CC#CC#CC#CC#CC#C.CC.CC.CC[C@](C)(O)c1cccc(O)c1.O=NO.O=NO.[HH].[HH].[HH].[HH].[HH].[HH].[HH].[HH].[HH].[HH].[HH].[HH].[HH].[HH].[HH].[HH].[HH].[HH].[HH].[HH]. The number of aliphatic hydroxyl groups is 1. The molecule has 8 heteroatoms. The minimum Gasteiger partial charge on any atom is -0.508 e. The number of rotatable bonds is 2. The number of hydrogen-bond acceptors (Lipinski definition) is 6. The van der Waals surface area contributed by atoms with E-state index in [9.17, 15) is 5.11 Å². The predicted octanol–water partition coefficient (Wildman–Crippen LogP) is 9.81. The lowest BCUT2D eigenvalue weighted by Gasteiger charge is -2.21. The van der Waals surface area contributed by atoms with Crippen molar-refractivity contribution in [2.45, 2.75) is 53.6 Å². The molecule has 0 aromatic heterocycles. The van der Waals surface area contributed by atoms with Crippen molar-refractivity contribution < 1.29 is 49.2 Å². The molecule has 1 aromatic carbocycles. The van der Waals surface area contributed by atoms with Gasteiger partial charge in [0.25, 0.3) is 0 Å².